The van der Waals surface area contributed by atoms with Gasteiger partial charge in [-0.3, -0.25) is 0 Å². The van der Waals surface area contributed by atoms with E-state index < -0.39 is 19.1 Å². The number of rotatable bonds is 5. The van der Waals surface area contributed by atoms with Crippen molar-refractivity contribution in [1.82, 2.24) is 10.6 Å². The second-order valence-electron chi connectivity index (χ2n) is 3.79. The summed E-state index contributed by atoms with van der Waals surface area (Å²) in [4.78, 5) is 0. The molecule has 14 heavy (non-hydrogen) atoms. The van der Waals surface area contributed by atoms with Gasteiger partial charge in [-0.2, -0.15) is 0 Å². The van der Waals surface area contributed by atoms with E-state index in [-0.39, 0.29) is 0 Å². The first-order chi connectivity index (χ1) is 6.64. The zero-order chi connectivity index (χ0) is 10.4. The van der Waals surface area contributed by atoms with E-state index >= 15 is 0 Å². The molecule has 1 saturated heterocycles. The first-order valence-electron chi connectivity index (χ1n) is 5.07. The van der Waals surface area contributed by atoms with Crippen molar-refractivity contribution in [2.24, 2.45) is 0 Å². The minimum atomic E-state index is -2.99. The lowest BCUT2D eigenvalue weighted by Gasteiger charge is -2.24. The van der Waals surface area contributed by atoms with Gasteiger partial charge in [-0.05, 0) is 19.4 Å². The average molecular weight is 208 g/mol. The van der Waals surface area contributed by atoms with Crippen LogP contribution in [0.1, 0.15) is 19.3 Å². The number of aliphatic hydroxyl groups is 1. The molecule has 1 heterocycles. The van der Waals surface area contributed by atoms with Gasteiger partial charge in [0.05, 0.1) is 6.54 Å². The Bertz CT molecular complexity index is 161. The third-order valence-electron chi connectivity index (χ3n) is 2.42. The number of alkyl halides is 2. The van der Waals surface area contributed by atoms with Crippen LogP contribution in [0.4, 0.5) is 8.78 Å². The molecule has 0 aromatic carbocycles. The molecule has 0 amide bonds. The van der Waals surface area contributed by atoms with Gasteiger partial charge in [0.25, 0.3) is 5.92 Å². The predicted octanol–water partition coefficient (Wildman–Crippen LogP) is 0.346. The van der Waals surface area contributed by atoms with Gasteiger partial charge in [0, 0.05) is 12.6 Å². The van der Waals surface area contributed by atoms with Crippen molar-refractivity contribution in [2.75, 3.05) is 26.2 Å². The van der Waals surface area contributed by atoms with Crippen LogP contribution in [0.5, 0.6) is 0 Å². The second kappa shape index (κ2) is 5.58. The number of hydrogen-bond acceptors (Lipinski definition) is 3. The molecule has 1 rings (SSSR count). The lowest BCUT2D eigenvalue weighted by Crippen LogP contribution is -2.45. The molecular formula is C9H18F2N2O. The highest BCUT2D eigenvalue weighted by Gasteiger charge is 2.27. The number of piperidine rings is 1. The van der Waals surface area contributed by atoms with E-state index in [1.165, 1.54) is 6.42 Å². The second-order valence-corrected chi connectivity index (χ2v) is 3.79. The summed E-state index contributed by atoms with van der Waals surface area (Å²) in [6.45, 7) is -0.00188. The van der Waals surface area contributed by atoms with Crippen molar-refractivity contribution in [3.8, 4) is 0 Å². The van der Waals surface area contributed by atoms with Gasteiger partial charge in [0.1, 0.15) is 6.61 Å². The fourth-order valence-electron chi connectivity index (χ4n) is 1.58. The van der Waals surface area contributed by atoms with Crippen molar-refractivity contribution in [1.29, 1.82) is 0 Å². The number of hydrogen-bond donors (Lipinski definition) is 3. The number of halogens is 2. The standard InChI is InChI=1S/C9H18F2N2O/c10-9(11,7-14)6-12-5-8-3-1-2-4-13-8/h8,12-14H,1-7H2. The summed E-state index contributed by atoms with van der Waals surface area (Å²) in [6.07, 6.45) is 3.37. The maximum absolute atomic E-state index is 12.6. The predicted molar refractivity (Wildman–Crippen MR) is 50.5 cm³/mol. The monoisotopic (exact) mass is 208 g/mol. The summed E-state index contributed by atoms with van der Waals surface area (Å²) in [5.41, 5.74) is 0. The minimum absolute atomic E-state index is 0.304. The van der Waals surface area contributed by atoms with Gasteiger partial charge in [-0.25, -0.2) is 8.78 Å². The van der Waals surface area contributed by atoms with Gasteiger partial charge in [-0.15, -0.1) is 0 Å². The van der Waals surface area contributed by atoms with Gasteiger partial charge >= 0.3 is 0 Å². The first kappa shape index (κ1) is 11.8. The molecule has 3 nitrogen and oxygen atoms in total. The maximum Gasteiger partial charge on any atom is 0.282 e. The smallest absolute Gasteiger partial charge is 0.282 e. The molecule has 0 saturated carbocycles. The van der Waals surface area contributed by atoms with Crippen molar-refractivity contribution >= 4 is 0 Å². The SMILES string of the molecule is OCC(F)(F)CNCC1CCCCN1. The zero-order valence-corrected chi connectivity index (χ0v) is 8.23. The molecule has 0 aromatic heterocycles. The van der Waals surface area contributed by atoms with Crippen LogP contribution in [0.3, 0.4) is 0 Å². The third kappa shape index (κ3) is 4.30. The summed E-state index contributed by atoms with van der Waals surface area (Å²) >= 11 is 0. The van der Waals surface area contributed by atoms with Crippen LogP contribution in [0, 0.1) is 0 Å². The molecule has 0 radical (unpaired) electrons. The highest BCUT2D eigenvalue weighted by molar-refractivity contribution is 4.76. The molecule has 0 spiro atoms. The zero-order valence-electron chi connectivity index (χ0n) is 8.23. The van der Waals surface area contributed by atoms with E-state index in [1.54, 1.807) is 0 Å². The Balaban J connectivity index is 2.08. The Hall–Kier alpha value is -0.260. The lowest BCUT2D eigenvalue weighted by molar-refractivity contribution is -0.0477. The van der Waals surface area contributed by atoms with Gasteiger partial charge in [-0.1, -0.05) is 6.42 Å². The maximum atomic E-state index is 12.6. The van der Waals surface area contributed by atoms with Crippen molar-refractivity contribution in [3.63, 3.8) is 0 Å². The summed E-state index contributed by atoms with van der Waals surface area (Å²) < 4.78 is 25.1. The van der Waals surface area contributed by atoms with Crippen molar-refractivity contribution in [3.05, 3.63) is 0 Å². The van der Waals surface area contributed by atoms with E-state index in [1.807, 2.05) is 0 Å². The molecule has 1 unspecified atom stereocenters. The average Bonchev–Trinajstić information content (AvgIpc) is 2.19. The van der Waals surface area contributed by atoms with Crippen LogP contribution < -0.4 is 10.6 Å². The van der Waals surface area contributed by atoms with Crippen LogP contribution in [0.2, 0.25) is 0 Å². The summed E-state index contributed by atoms with van der Waals surface area (Å²) in [6, 6.07) is 0.304. The van der Waals surface area contributed by atoms with Gasteiger partial charge in [0.15, 0.2) is 0 Å². The van der Waals surface area contributed by atoms with Crippen molar-refractivity contribution in [2.45, 2.75) is 31.2 Å². The Kier molecular flexibility index (Phi) is 4.71. The highest BCUT2D eigenvalue weighted by atomic mass is 19.3. The molecule has 1 aliphatic rings. The van der Waals surface area contributed by atoms with Crippen LogP contribution in [-0.4, -0.2) is 43.3 Å². The Morgan fingerprint density at radius 3 is 2.79 bits per heavy atom. The number of aliphatic hydroxyl groups excluding tert-OH is 1. The topological polar surface area (TPSA) is 44.3 Å². The van der Waals surface area contributed by atoms with Crippen LogP contribution in [-0.2, 0) is 0 Å². The Morgan fingerprint density at radius 2 is 2.21 bits per heavy atom. The normalized spacial score (nSPS) is 23.8. The van der Waals surface area contributed by atoms with E-state index in [4.69, 9.17) is 5.11 Å². The first-order valence-corrected chi connectivity index (χ1v) is 5.07. The summed E-state index contributed by atoms with van der Waals surface area (Å²) in [5, 5.41) is 14.3. The summed E-state index contributed by atoms with van der Waals surface area (Å²) in [5.74, 6) is -2.99. The van der Waals surface area contributed by atoms with E-state index in [2.05, 4.69) is 10.6 Å². The molecule has 5 heteroatoms. The van der Waals surface area contributed by atoms with Gasteiger partial charge in [0.2, 0.25) is 0 Å². The molecule has 0 aliphatic carbocycles. The Morgan fingerprint density at radius 1 is 1.43 bits per heavy atom. The van der Waals surface area contributed by atoms with E-state index in [9.17, 15) is 8.78 Å². The minimum Gasteiger partial charge on any atom is -0.390 e. The quantitative estimate of drug-likeness (QED) is 0.610. The molecule has 0 aromatic rings. The molecule has 3 N–H and O–H groups in total. The molecule has 0 bridgehead atoms. The fourth-order valence-corrected chi connectivity index (χ4v) is 1.58. The van der Waals surface area contributed by atoms with E-state index in [0.29, 0.717) is 12.6 Å². The highest BCUT2D eigenvalue weighted by Crippen LogP contribution is 2.10. The third-order valence-corrected chi connectivity index (χ3v) is 2.42. The fraction of sp³-hybridized carbons (Fsp3) is 1.00. The van der Waals surface area contributed by atoms with Crippen LogP contribution in [0.25, 0.3) is 0 Å². The molecule has 84 valence electrons. The summed E-state index contributed by atoms with van der Waals surface area (Å²) in [7, 11) is 0. The van der Waals surface area contributed by atoms with Crippen molar-refractivity contribution < 1.29 is 13.9 Å². The molecule has 1 atom stereocenters. The Labute approximate surface area is 82.9 Å². The molecule has 1 fully saturated rings. The lowest BCUT2D eigenvalue weighted by atomic mass is 10.1. The molecular weight excluding hydrogens is 190 g/mol. The number of nitrogens with one attached hydrogen (secondary N) is 2. The van der Waals surface area contributed by atoms with Crippen LogP contribution >= 0.6 is 0 Å². The van der Waals surface area contributed by atoms with Gasteiger partial charge < -0.3 is 15.7 Å². The van der Waals surface area contributed by atoms with Crippen LogP contribution in [0.15, 0.2) is 0 Å². The molecule has 1 aliphatic heterocycles. The van der Waals surface area contributed by atoms with E-state index in [0.717, 1.165) is 19.4 Å². The largest absolute Gasteiger partial charge is 0.390 e.